The Morgan fingerprint density at radius 2 is 1.78 bits per heavy atom. The Balaban J connectivity index is 2.08. The number of phenolic OH excluding ortho intramolecular Hbond substituents is 1. The topological polar surface area (TPSA) is 201 Å². The molecule has 58 heavy (non-hydrogen) atoms. The number of carbonyl (C=O) groups is 6. The summed E-state index contributed by atoms with van der Waals surface area (Å²) in [5.41, 5.74) is 3.62. The number of hydrazine groups is 1. The summed E-state index contributed by atoms with van der Waals surface area (Å²) in [6, 6.07) is 2.40. The van der Waals surface area contributed by atoms with Gasteiger partial charge in [0.15, 0.2) is 0 Å². The molecule has 0 aromatic heterocycles. The van der Waals surface area contributed by atoms with Crippen LogP contribution in [0.1, 0.15) is 99.1 Å². The van der Waals surface area contributed by atoms with Gasteiger partial charge in [-0.05, 0) is 95.6 Å². The van der Waals surface area contributed by atoms with E-state index in [1.807, 2.05) is 0 Å². The lowest BCUT2D eigenvalue weighted by atomic mass is 9.89. The molecule has 2 unspecified atom stereocenters. The maximum absolute atomic E-state index is 14.3. The van der Waals surface area contributed by atoms with Gasteiger partial charge in [-0.1, -0.05) is 68.5 Å². The van der Waals surface area contributed by atoms with Crippen molar-refractivity contribution in [3.05, 3.63) is 89.6 Å². The van der Waals surface area contributed by atoms with E-state index in [2.05, 4.69) is 16.1 Å². The number of ether oxygens (including phenoxy) is 2. The molecule has 1 aromatic rings. The molecule has 1 aromatic carbocycles. The van der Waals surface area contributed by atoms with E-state index in [1.54, 1.807) is 91.0 Å². The lowest BCUT2D eigenvalue weighted by Gasteiger charge is -2.36. The highest BCUT2D eigenvalue weighted by atomic mass is 16.6. The number of cyclic esters (lactones) is 1. The first-order valence-corrected chi connectivity index (χ1v) is 19.7. The van der Waals surface area contributed by atoms with Crippen molar-refractivity contribution in [3.63, 3.8) is 0 Å². The molecule has 0 saturated carbocycles. The molecule has 2 aliphatic rings. The number of nitrogens with one attached hydrogen (secondary N) is 3. The van der Waals surface area contributed by atoms with E-state index >= 15 is 0 Å². The molecule has 3 rings (SSSR count). The normalized spacial score (nSPS) is 27.0. The van der Waals surface area contributed by atoms with Crippen molar-refractivity contribution in [2.24, 2.45) is 11.8 Å². The Morgan fingerprint density at radius 1 is 1.05 bits per heavy atom. The quantitative estimate of drug-likeness (QED) is 0.138. The summed E-state index contributed by atoms with van der Waals surface area (Å²) >= 11 is 0. The van der Waals surface area contributed by atoms with Gasteiger partial charge in [-0.25, -0.2) is 10.2 Å². The Hall–Kier alpha value is -5.34. The van der Waals surface area contributed by atoms with Crippen molar-refractivity contribution in [2.75, 3.05) is 6.54 Å². The third-order valence-electron chi connectivity index (χ3n) is 9.54. The van der Waals surface area contributed by atoms with Crippen molar-refractivity contribution >= 4 is 35.4 Å². The summed E-state index contributed by atoms with van der Waals surface area (Å²) in [6.45, 7) is 13.7. The van der Waals surface area contributed by atoms with Gasteiger partial charge in [0.1, 0.15) is 41.4 Å². The van der Waals surface area contributed by atoms with Crippen LogP contribution in [0.25, 0.3) is 0 Å². The molecule has 2 bridgehead atoms. The predicted octanol–water partition coefficient (Wildman–Crippen LogP) is 4.75. The van der Waals surface area contributed by atoms with Gasteiger partial charge in [0, 0.05) is 25.5 Å². The summed E-state index contributed by atoms with van der Waals surface area (Å²) in [5, 5.41) is 28.5. The molecule has 1 saturated heterocycles. The molecule has 2 aliphatic heterocycles. The zero-order valence-corrected chi connectivity index (χ0v) is 34.8. The molecule has 14 heteroatoms. The first-order chi connectivity index (χ1) is 27.3. The number of carbonyl (C=O) groups excluding carboxylic acids is 6. The number of aliphatic hydroxyl groups excluding tert-OH is 1. The first kappa shape index (κ1) is 47.0. The molecule has 5 N–H and O–H groups in total. The number of hydrogen-bond donors (Lipinski definition) is 5. The van der Waals surface area contributed by atoms with Crippen LogP contribution in [0.5, 0.6) is 5.75 Å². The van der Waals surface area contributed by atoms with Crippen molar-refractivity contribution in [2.45, 2.75) is 123 Å². The number of aliphatic hydroxyl groups is 1. The summed E-state index contributed by atoms with van der Waals surface area (Å²) in [6.07, 6.45) is 12.0. The van der Waals surface area contributed by atoms with E-state index in [1.165, 1.54) is 42.3 Å². The number of phenols is 1. The maximum atomic E-state index is 14.3. The van der Waals surface area contributed by atoms with Crippen molar-refractivity contribution in [1.82, 2.24) is 21.1 Å². The second-order valence-corrected chi connectivity index (χ2v) is 16.1. The van der Waals surface area contributed by atoms with E-state index in [0.29, 0.717) is 24.0 Å². The molecule has 316 valence electrons. The van der Waals surface area contributed by atoms with Crippen LogP contribution in [-0.2, 0) is 38.2 Å². The third-order valence-corrected chi connectivity index (χ3v) is 9.54. The van der Waals surface area contributed by atoms with Crippen LogP contribution in [-0.4, -0.2) is 87.1 Å². The lowest BCUT2D eigenvalue weighted by molar-refractivity contribution is -0.156. The number of nitrogens with zero attached hydrogens (tertiary/aromatic N) is 1. The molecule has 3 amide bonds. The van der Waals surface area contributed by atoms with Gasteiger partial charge < -0.3 is 35.1 Å². The maximum Gasteiger partial charge on any atom is 0.331 e. The zero-order valence-electron chi connectivity index (χ0n) is 34.8. The minimum absolute atomic E-state index is 0.0217. The number of hydrogen-bond acceptors (Lipinski definition) is 11. The first-order valence-electron chi connectivity index (χ1n) is 19.7. The Bertz CT molecular complexity index is 1800. The van der Waals surface area contributed by atoms with Crippen molar-refractivity contribution < 1.29 is 48.5 Å². The van der Waals surface area contributed by atoms with Crippen molar-refractivity contribution in [1.29, 1.82) is 0 Å². The third kappa shape index (κ3) is 14.9. The van der Waals surface area contributed by atoms with Crippen LogP contribution in [0.4, 0.5) is 0 Å². The number of allylic oxidation sites excluding steroid dienone is 6. The van der Waals surface area contributed by atoms with Crippen LogP contribution in [0, 0.1) is 11.8 Å². The molecular formula is C44H60N4O10. The zero-order chi connectivity index (χ0) is 43.2. The number of amides is 3. The average molecular weight is 805 g/mol. The fraction of sp³-hybridized carbons (Fsp3) is 0.500. The number of ketones is 1. The largest absolute Gasteiger partial charge is 0.508 e. The molecule has 2 heterocycles. The molecule has 0 aliphatic carbocycles. The minimum Gasteiger partial charge on any atom is -0.508 e. The van der Waals surface area contributed by atoms with E-state index in [4.69, 9.17) is 9.47 Å². The summed E-state index contributed by atoms with van der Waals surface area (Å²) in [5.74, 6) is -5.00. The molecule has 6 atom stereocenters. The fourth-order valence-corrected chi connectivity index (χ4v) is 6.32. The second kappa shape index (κ2) is 22.0. The molecule has 1 fully saturated rings. The fourth-order valence-electron chi connectivity index (χ4n) is 6.32. The Morgan fingerprint density at radius 3 is 2.43 bits per heavy atom. The molecule has 0 radical (unpaired) electrons. The minimum atomic E-state index is -1.35. The van der Waals surface area contributed by atoms with Crippen LogP contribution in [0.15, 0.2) is 84.0 Å². The van der Waals surface area contributed by atoms with E-state index < -0.39 is 77.4 Å². The van der Waals surface area contributed by atoms with Gasteiger partial charge in [0.05, 0.1) is 12.0 Å². The molecule has 14 nitrogen and oxygen atoms in total. The van der Waals surface area contributed by atoms with E-state index in [9.17, 15) is 39.0 Å². The van der Waals surface area contributed by atoms with E-state index in [-0.39, 0.29) is 42.9 Å². The monoisotopic (exact) mass is 804 g/mol. The summed E-state index contributed by atoms with van der Waals surface area (Å²) in [7, 11) is 0. The Kier molecular flexibility index (Phi) is 17.8. The van der Waals surface area contributed by atoms with Crippen LogP contribution in [0.3, 0.4) is 0 Å². The molecule has 0 spiro atoms. The number of aromatic hydroxyl groups is 1. The van der Waals surface area contributed by atoms with Gasteiger partial charge >= 0.3 is 11.9 Å². The second-order valence-electron chi connectivity index (χ2n) is 16.1. The van der Waals surface area contributed by atoms with Gasteiger partial charge in [-0.2, -0.15) is 0 Å². The van der Waals surface area contributed by atoms with E-state index in [0.717, 1.165) is 0 Å². The standard InChI is InChI=1S/C44H60N4O10/c1-27(2)37-41(54)46-38(31-18-14-19-32(50)26-31)42(55)48-25-15-20-34(47-48)43(56)57-35(28(3)17-13-22-36(51)58-44(6,7)8)21-12-10-9-11-16-29(4)39(52)33(40(53)45-37)24-23-30(5)49/h9-14,16-19,22,26-27,33-35,37-39,47,50,52H,15,20-21,23-25H2,1-8H3,(H,45,53)(H,46,54)/b11-9+,12-10+,22-13+,28-17+,29-16+/t33-,34?,35+,37+,38?,39-/m1/s1. The van der Waals surface area contributed by atoms with Gasteiger partial charge in [0.2, 0.25) is 11.8 Å². The predicted molar refractivity (Wildman–Crippen MR) is 218 cm³/mol. The number of esters is 2. The smallest absolute Gasteiger partial charge is 0.331 e. The lowest BCUT2D eigenvalue weighted by Crippen LogP contribution is -2.59. The Labute approximate surface area is 341 Å². The number of Topliss-reactive ketones (excluding diaryl/α,β-unsaturated/α-hetero) is 1. The summed E-state index contributed by atoms with van der Waals surface area (Å²) < 4.78 is 11.4. The average Bonchev–Trinajstić information content (AvgIpc) is 3.14. The highest BCUT2D eigenvalue weighted by Gasteiger charge is 2.38. The van der Waals surface area contributed by atoms with Crippen LogP contribution < -0.4 is 16.1 Å². The highest BCUT2D eigenvalue weighted by molar-refractivity contribution is 5.93. The summed E-state index contributed by atoms with van der Waals surface area (Å²) in [4.78, 5) is 80.2. The van der Waals surface area contributed by atoms with Crippen LogP contribution >= 0.6 is 0 Å². The SMILES string of the molecule is CC(=O)CC[C@H]1C(=O)N[C@@H](C(C)C)C(=O)NC(c2cccc(O)c2)C(=O)N2CCCC(N2)C(=O)O[C@H](/C(C)=C/C=C/C(=O)OC(C)(C)C)C/C=C/C=C/C=C(\C)[C@H]1O. The van der Waals surface area contributed by atoms with Gasteiger partial charge in [-0.3, -0.25) is 24.2 Å². The van der Waals surface area contributed by atoms with Gasteiger partial charge in [0.25, 0.3) is 5.91 Å². The molecular weight excluding hydrogens is 745 g/mol. The number of benzene rings is 1. The number of fused-ring (bicyclic) bond motifs is 2. The highest BCUT2D eigenvalue weighted by Crippen LogP contribution is 2.25. The van der Waals surface area contributed by atoms with Gasteiger partial charge in [-0.15, -0.1) is 0 Å². The van der Waals surface area contributed by atoms with Crippen LogP contribution in [0.2, 0.25) is 0 Å². The number of rotatable bonds is 8. The van der Waals surface area contributed by atoms with Crippen molar-refractivity contribution in [3.8, 4) is 5.75 Å².